The summed E-state index contributed by atoms with van der Waals surface area (Å²) in [5.41, 5.74) is -1.39. The minimum absolute atomic E-state index is 0.00475. The van der Waals surface area contributed by atoms with E-state index in [9.17, 15) is 27.6 Å². The Balaban J connectivity index is 1.45. The zero-order chi connectivity index (χ0) is 31.9. The number of carbonyl (C=O) groups is 4. The van der Waals surface area contributed by atoms with Crippen molar-refractivity contribution in [3.63, 3.8) is 0 Å². The van der Waals surface area contributed by atoms with Crippen LogP contribution in [0.15, 0.2) is 40.8 Å². The van der Waals surface area contributed by atoms with E-state index >= 15 is 0 Å². The number of fused-ring (bicyclic) bond motifs is 5. The quantitative estimate of drug-likeness (QED) is 0.172. The van der Waals surface area contributed by atoms with E-state index < -0.39 is 45.1 Å². The second-order valence-corrected chi connectivity index (χ2v) is 15.2. The molecular weight excluding hydrogens is 584 g/mol. The fourth-order valence-electron chi connectivity index (χ4n) is 8.75. The van der Waals surface area contributed by atoms with E-state index in [0.717, 1.165) is 24.0 Å². The van der Waals surface area contributed by atoms with Crippen LogP contribution in [0.5, 0.6) is 0 Å². The average Bonchev–Trinajstić information content (AvgIpc) is 3.26. The molecule has 3 fully saturated rings. The predicted molar refractivity (Wildman–Crippen MR) is 161 cm³/mol. The van der Waals surface area contributed by atoms with Crippen molar-refractivity contribution >= 4 is 33.6 Å². The molecule has 9 nitrogen and oxygen atoms in total. The van der Waals surface area contributed by atoms with Crippen molar-refractivity contribution in [3.05, 3.63) is 41.5 Å². The van der Waals surface area contributed by atoms with Gasteiger partial charge in [0.15, 0.2) is 11.4 Å². The number of Topliss-reactive ketones (excluding diaryl/α,β-unsaturated/α-hetero) is 2. The average molecular weight is 629 g/mol. The third-order valence-corrected chi connectivity index (χ3v) is 12.4. The van der Waals surface area contributed by atoms with Crippen molar-refractivity contribution < 1.29 is 41.3 Å². The normalized spacial score (nSPS) is 33.1. The first-order chi connectivity index (χ1) is 20.8. The number of ketones is 3. The lowest BCUT2D eigenvalue weighted by atomic mass is 9.46. The molecule has 1 aromatic carbocycles. The van der Waals surface area contributed by atoms with E-state index in [-0.39, 0.29) is 53.7 Å². The van der Waals surface area contributed by atoms with Gasteiger partial charge in [-0.3, -0.25) is 18.6 Å². The van der Waals surface area contributed by atoms with Crippen LogP contribution in [0.1, 0.15) is 90.5 Å². The summed E-state index contributed by atoms with van der Waals surface area (Å²) in [5, 5.41) is 0. The molecule has 0 saturated heterocycles. The minimum Gasteiger partial charge on any atom is -0.434 e. The maximum absolute atomic E-state index is 14.2. The van der Waals surface area contributed by atoms with Gasteiger partial charge in [-0.1, -0.05) is 56.9 Å². The molecule has 0 aromatic heterocycles. The van der Waals surface area contributed by atoms with Gasteiger partial charge in [0, 0.05) is 24.2 Å². The summed E-state index contributed by atoms with van der Waals surface area (Å²) >= 11 is 0. The molecule has 4 aliphatic carbocycles. The van der Waals surface area contributed by atoms with Gasteiger partial charge in [-0.15, -0.1) is 0 Å². The molecule has 0 aliphatic heterocycles. The van der Waals surface area contributed by atoms with Crippen molar-refractivity contribution in [2.45, 2.75) is 102 Å². The first-order valence-corrected chi connectivity index (χ1v) is 17.3. The van der Waals surface area contributed by atoms with E-state index in [1.165, 1.54) is 12.1 Å². The minimum atomic E-state index is -4.28. The van der Waals surface area contributed by atoms with Gasteiger partial charge in [0.05, 0.1) is 11.5 Å². The Hall–Kier alpha value is -2.85. The van der Waals surface area contributed by atoms with Crippen LogP contribution in [0.4, 0.5) is 4.79 Å². The summed E-state index contributed by atoms with van der Waals surface area (Å²) in [5.74, 6) is -1.09. The van der Waals surface area contributed by atoms with Crippen molar-refractivity contribution in [1.82, 2.24) is 0 Å². The van der Waals surface area contributed by atoms with Gasteiger partial charge in [0.2, 0.25) is 5.78 Å². The molecule has 0 amide bonds. The maximum Gasteiger partial charge on any atom is 0.509 e. The molecule has 44 heavy (non-hydrogen) atoms. The summed E-state index contributed by atoms with van der Waals surface area (Å²) in [4.78, 5) is 53.6. The topological polar surface area (TPSA) is 130 Å². The molecule has 1 aromatic rings. The largest absolute Gasteiger partial charge is 0.509 e. The van der Waals surface area contributed by atoms with E-state index in [1.807, 2.05) is 20.8 Å². The monoisotopic (exact) mass is 628 g/mol. The number of benzene rings is 1. The van der Waals surface area contributed by atoms with Crippen LogP contribution >= 0.6 is 0 Å². The first kappa shape index (κ1) is 32.5. The van der Waals surface area contributed by atoms with Gasteiger partial charge in [-0.25, -0.2) is 4.79 Å². The Morgan fingerprint density at radius 3 is 2.43 bits per heavy atom. The Kier molecular flexibility index (Phi) is 8.99. The number of unbranched alkanes of at least 4 members (excludes halogenated alkanes) is 2. The molecule has 6 atom stereocenters. The fraction of sp³-hybridized carbons (Fsp3) is 0.647. The van der Waals surface area contributed by atoms with Crippen LogP contribution in [-0.2, 0) is 38.2 Å². The van der Waals surface area contributed by atoms with E-state index in [2.05, 4.69) is 6.92 Å². The second-order valence-electron chi connectivity index (χ2n) is 13.6. The molecule has 0 radical (unpaired) electrons. The molecule has 0 heterocycles. The number of carbonyl (C=O) groups excluding carboxylic acids is 4. The fourth-order valence-corrected chi connectivity index (χ4v) is 9.62. The molecule has 240 valence electrons. The highest BCUT2D eigenvalue weighted by Crippen LogP contribution is 2.67. The smallest absolute Gasteiger partial charge is 0.434 e. The number of hydrogen-bond donors (Lipinski definition) is 0. The van der Waals surface area contributed by atoms with Gasteiger partial charge in [0.25, 0.3) is 10.1 Å². The zero-order valence-electron chi connectivity index (χ0n) is 26.2. The van der Waals surface area contributed by atoms with Gasteiger partial charge < -0.3 is 9.47 Å². The maximum atomic E-state index is 14.2. The van der Waals surface area contributed by atoms with Crippen LogP contribution in [0.3, 0.4) is 0 Å². The van der Waals surface area contributed by atoms with E-state index in [4.69, 9.17) is 13.7 Å². The van der Waals surface area contributed by atoms with Gasteiger partial charge in [-0.2, -0.15) is 8.42 Å². The molecule has 0 bridgehead atoms. The molecule has 5 rings (SSSR count). The van der Waals surface area contributed by atoms with E-state index in [0.29, 0.717) is 38.5 Å². The molecule has 4 aliphatic rings. The molecule has 0 spiro atoms. The summed E-state index contributed by atoms with van der Waals surface area (Å²) in [6.07, 6.45) is 6.23. The number of aryl methyl sites for hydroxylation is 1. The number of rotatable bonds is 10. The molecule has 3 saturated carbocycles. The molecule has 0 unspecified atom stereocenters. The lowest BCUT2D eigenvalue weighted by Gasteiger charge is -2.58. The Bertz CT molecular complexity index is 1460. The van der Waals surface area contributed by atoms with Crippen LogP contribution in [0.2, 0.25) is 0 Å². The van der Waals surface area contributed by atoms with Gasteiger partial charge in [0.1, 0.15) is 12.4 Å². The van der Waals surface area contributed by atoms with Crippen LogP contribution in [0.25, 0.3) is 0 Å². The lowest BCUT2D eigenvalue weighted by molar-refractivity contribution is -0.174. The Labute approximate surface area is 260 Å². The van der Waals surface area contributed by atoms with Gasteiger partial charge >= 0.3 is 6.16 Å². The van der Waals surface area contributed by atoms with Crippen molar-refractivity contribution in [1.29, 1.82) is 0 Å². The molecule has 0 N–H and O–H groups in total. The third-order valence-electron chi connectivity index (χ3n) is 11.1. The van der Waals surface area contributed by atoms with Crippen LogP contribution < -0.4 is 0 Å². The highest BCUT2D eigenvalue weighted by atomic mass is 32.2. The summed E-state index contributed by atoms with van der Waals surface area (Å²) in [7, 11) is -4.28. The lowest BCUT2D eigenvalue weighted by Crippen LogP contribution is -2.62. The Morgan fingerprint density at radius 2 is 1.73 bits per heavy atom. The predicted octanol–water partition coefficient (Wildman–Crippen LogP) is 6.06. The number of allylic oxidation sites excluding steroid dienone is 1. The SMILES string of the molecule is CCCCCOC(=O)O[C@]1(C(=O)COS(=O)(=O)c2ccc(C)cc2)CC[C@H]2[C@@H]3CCC4=CC(=O)CC[C@]4(C)[C@H]3C(=O)C[C@@]21C. The number of ether oxygens (including phenoxy) is 2. The number of hydrogen-bond acceptors (Lipinski definition) is 9. The van der Waals surface area contributed by atoms with Crippen molar-refractivity contribution in [2.24, 2.45) is 28.6 Å². The second kappa shape index (κ2) is 12.2. The highest BCUT2D eigenvalue weighted by molar-refractivity contribution is 7.86. The summed E-state index contributed by atoms with van der Waals surface area (Å²) in [6.45, 7) is 7.06. The highest BCUT2D eigenvalue weighted by Gasteiger charge is 2.71. The third kappa shape index (κ3) is 5.57. The van der Waals surface area contributed by atoms with Crippen LogP contribution in [0, 0.1) is 35.5 Å². The van der Waals surface area contributed by atoms with Gasteiger partial charge in [-0.05, 0) is 80.9 Å². The Morgan fingerprint density at radius 1 is 1.00 bits per heavy atom. The zero-order valence-corrected chi connectivity index (χ0v) is 27.0. The van der Waals surface area contributed by atoms with E-state index in [1.54, 1.807) is 18.2 Å². The molecular formula is C34H44O9S. The standard InChI is InChI=1S/C34H44O9S/c1-5-6-7-18-41-31(38)43-34(29(37)21-42-44(39,40)25-11-8-22(2)9-12-25)17-15-27-26-13-10-23-19-24(35)14-16-32(23,3)30(26)28(36)20-33(27,34)4/h8-9,11-12,19,26-27,30H,5-7,10,13-18,20-21H2,1-4H3/t26-,27-,30+,32-,33-,34-/m0/s1. The van der Waals surface area contributed by atoms with Crippen LogP contribution in [-0.4, -0.2) is 50.7 Å². The van der Waals surface area contributed by atoms with Crippen molar-refractivity contribution in [3.8, 4) is 0 Å². The summed E-state index contributed by atoms with van der Waals surface area (Å²) in [6, 6.07) is 6.09. The van der Waals surface area contributed by atoms with Crippen molar-refractivity contribution in [2.75, 3.05) is 13.2 Å². The molecule has 10 heteroatoms. The first-order valence-electron chi connectivity index (χ1n) is 15.9. The summed E-state index contributed by atoms with van der Waals surface area (Å²) < 4.78 is 42.6.